The number of halogens is 1. The van der Waals surface area contributed by atoms with Gasteiger partial charge in [-0.1, -0.05) is 35.5 Å². The molecule has 2 aromatic rings. The summed E-state index contributed by atoms with van der Waals surface area (Å²) in [6.07, 6.45) is 0. The average molecular weight is 426 g/mol. The number of ether oxygens (including phenoxy) is 1. The number of nitrogens with two attached hydrogens (primary N) is 1. The number of fused-ring (bicyclic) bond motifs is 1. The summed E-state index contributed by atoms with van der Waals surface area (Å²) in [6, 6.07) is 15.8. The lowest BCUT2D eigenvalue weighted by Crippen LogP contribution is -2.33. The second kappa shape index (κ2) is 7.47. The van der Waals surface area contributed by atoms with Crippen molar-refractivity contribution in [1.29, 1.82) is 5.26 Å². The van der Waals surface area contributed by atoms with Gasteiger partial charge in [-0.05, 0) is 42.0 Å². The Labute approximate surface area is 176 Å². The minimum Gasteiger partial charge on any atom is -0.497 e. The highest BCUT2D eigenvalue weighted by atomic mass is 35.5. The molecule has 3 unspecified atom stereocenters. The Balaban J connectivity index is 1.80. The smallest absolute Gasteiger partial charge is 0.248 e. The summed E-state index contributed by atoms with van der Waals surface area (Å²) >= 11 is 7.02. The van der Waals surface area contributed by atoms with Crippen LogP contribution in [-0.4, -0.2) is 24.2 Å². The van der Waals surface area contributed by atoms with E-state index in [1.165, 1.54) is 4.90 Å². The fourth-order valence-corrected chi connectivity index (χ4v) is 5.12. The number of allylic oxidation sites excluding steroid dienone is 1. The lowest BCUT2D eigenvalue weighted by Gasteiger charge is -2.30. The van der Waals surface area contributed by atoms with Crippen LogP contribution in [-0.2, 0) is 9.59 Å². The first kappa shape index (κ1) is 19.4. The van der Waals surface area contributed by atoms with Crippen LogP contribution in [0.5, 0.6) is 5.75 Å². The predicted molar refractivity (Wildman–Crippen MR) is 111 cm³/mol. The number of methoxy groups -OCH3 is 1. The van der Waals surface area contributed by atoms with Gasteiger partial charge in [0.15, 0.2) is 0 Å². The van der Waals surface area contributed by atoms with Crippen LogP contribution in [0.3, 0.4) is 0 Å². The third-order valence-electron chi connectivity index (χ3n) is 5.17. The molecule has 146 valence electrons. The van der Waals surface area contributed by atoms with Crippen LogP contribution in [0.2, 0.25) is 5.02 Å². The summed E-state index contributed by atoms with van der Waals surface area (Å²) in [7, 11) is 1.56. The standard InChI is InChI=1S/C21H16ClN3O3S/c1-28-14-8-2-11(3-9-14)16-15(10-23)19(24)29-18-17(16)20(26)25(21(18)27)13-6-4-12(22)5-7-13/h2-9,16-18H,24H2,1H3. The molecular formula is C21H16ClN3O3S. The fraction of sp³-hybridized carbons (Fsp3) is 0.190. The van der Waals surface area contributed by atoms with Gasteiger partial charge < -0.3 is 10.5 Å². The van der Waals surface area contributed by atoms with Crippen molar-refractivity contribution in [2.24, 2.45) is 11.7 Å². The number of carbonyl (C=O) groups is 2. The molecule has 2 N–H and O–H groups in total. The molecule has 0 aliphatic carbocycles. The van der Waals surface area contributed by atoms with Crippen molar-refractivity contribution in [2.75, 3.05) is 12.0 Å². The molecule has 0 saturated carbocycles. The number of amides is 2. The van der Waals surface area contributed by atoms with Gasteiger partial charge in [0, 0.05) is 10.9 Å². The number of thioether (sulfide) groups is 1. The first-order chi connectivity index (χ1) is 14.0. The molecular weight excluding hydrogens is 410 g/mol. The quantitative estimate of drug-likeness (QED) is 0.757. The van der Waals surface area contributed by atoms with Crippen molar-refractivity contribution in [3.63, 3.8) is 0 Å². The maximum Gasteiger partial charge on any atom is 0.248 e. The maximum absolute atomic E-state index is 13.4. The van der Waals surface area contributed by atoms with E-state index < -0.39 is 17.1 Å². The highest BCUT2D eigenvalue weighted by Gasteiger charge is 2.56. The molecule has 3 atom stereocenters. The first-order valence-corrected chi connectivity index (χ1v) is 10.1. The largest absolute Gasteiger partial charge is 0.497 e. The van der Waals surface area contributed by atoms with Gasteiger partial charge in [-0.3, -0.25) is 9.59 Å². The normalized spacial score (nSPS) is 23.8. The minimum atomic E-state index is -0.724. The number of anilines is 1. The average Bonchev–Trinajstić information content (AvgIpc) is 2.97. The van der Waals surface area contributed by atoms with E-state index in [0.29, 0.717) is 22.0 Å². The predicted octanol–water partition coefficient (Wildman–Crippen LogP) is 3.43. The number of imide groups is 1. The van der Waals surface area contributed by atoms with Crippen LogP contribution in [0.1, 0.15) is 11.5 Å². The molecule has 2 aliphatic rings. The lowest BCUT2D eigenvalue weighted by atomic mass is 9.79. The topological polar surface area (TPSA) is 96.4 Å². The molecule has 0 aromatic heterocycles. The number of nitriles is 1. The fourth-order valence-electron chi connectivity index (χ4n) is 3.80. The highest BCUT2D eigenvalue weighted by Crippen LogP contribution is 2.50. The molecule has 8 heteroatoms. The second-order valence-corrected chi connectivity index (χ2v) is 8.31. The maximum atomic E-state index is 13.4. The van der Waals surface area contributed by atoms with Gasteiger partial charge in [-0.25, -0.2) is 4.90 Å². The number of hydrogen-bond donors (Lipinski definition) is 1. The van der Waals surface area contributed by atoms with E-state index in [-0.39, 0.29) is 16.8 Å². The van der Waals surface area contributed by atoms with Crippen LogP contribution >= 0.6 is 23.4 Å². The van der Waals surface area contributed by atoms with E-state index in [9.17, 15) is 14.9 Å². The van der Waals surface area contributed by atoms with E-state index >= 15 is 0 Å². The third kappa shape index (κ3) is 3.15. The molecule has 1 fully saturated rings. The number of carbonyl (C=O) groups excluding carboxylic acids is 2. The summed E-state index contributed by atoms with van der Waals surface area (Å²) < 4.78 is 5.19. The van der Waals surface area contributed by atoms with E-state index in [0.717, 1.165) is 17.3 Å². The SMILES string of the molecule is COc1ccc(C2C(C#N)=C(N)SC3C(=O)N(c4ccc(Cl)cc4)C(=O)C32)cc1. The summed E-state index contributed by atoms with van der Waals surface area (Å²) in [4.78, 5) is 27.7. The summed E-state index contributed by atoms with van der Waals surface area (Å²) in [5, 5.41) is 9.82. The lowest BCUT2D eigenvalue weighted by molar-refractivity contribution is -0.122. The van der Waals surface area contributed by atoms with Crippen molar-refractivity contribution in [2.45, 2.75) is 11.2 Å². The van der Waals surface area contributed by atoms with E-state index in [4.69, 9.17) is 22.1 Å². The molecule has 0 spiro atoms. The molecule has 2 heterocycles. The van der Waals surface area contributed by atoms with E-state index in [1.54, 1.807) is 55.6 Å². The minimum absolute atomic E-state index is 0.272. The molecule has 2 aromatic carbocycles. The number of hydrogen-bond acceptors (Lipinski definition) is 6. The van der Waals surface area contributed by atoms with Gasteiger partial charge in [0.05, 0.1) is 35.4 Å². The molecule has 0 bridgehead atoms. The van der Waals surface area contributed by atoms with Gasteiger partial charge in [-0.15, -0.1) is 0 Å². The summed E-state index contributed by atoms with van der Waals surface area (Å²) in [5.74, 6) is -1.37. The first-order valence-electron chi connectivity index (χ1n) is 8.80. The Bertz CT molecular complexity index is 1060. The molecule has 6 nitrogen and oxygen atoms in total. The van der Waals surface area contributed by atoms with E-state index in [1.807, 2.05) is 0 Å². The molecule has 2 aliphatic heterocycles. The number of benzene rings is 2. The van der Waals surface area contributed by atoms with Gasteiger partial charge >= 0.3 is 0 Å². The zero-order valence-corrected chi connectivity index (χ0v) is 16.9. The Kier molecular flexibility index (Phi) is 4.99. The van der Waals surface area contributed by atoms with Crippen molar-refractivity contribution in [1.82, 2.24) is 0 Å². The van der Waals surface area contributed by atoms with Gasteiger partial charge in [0.2, 0.25) is 11.8 Å². The zero-order valence-electron chi connectivity index (χ0n) is 15.3. The van der Waals surface area contributed by atoms with Crippen molar-refractivity contribution >= 4 is 40.9 Å². The Morgan fingerprint density at radius 1 is 1.10 bits per heavy atom. The molecule has 2 amide bonds. The summed E-state index contributed by atoms with van der Waals surface area (Å²) in [5.41, 5.74) is 7.63. The third-order valence-corrected chi connectivity index (χ3v) is 6.64. The number of rotatable bonds is 3. The van der Waals surface area contributed by atoms with Crippen molar-refractivity contribution in [3.8, 4) is 11.8 Å². The van der Waals surface area contributed by atoms with E-state index in [2.05, 4.69) is 6.07 Å². The van der Waals surface area contributed by atoms with Crippen LogP contribution in [0.4, 0.5) is 5.69 Å². The van der Waals surface area contributed by atoms with Gasteiger partial charge in [0.1, 0.15) is 11.0 Å². The van der Waals surface area contributed by atoms with Crippen LogP contribution < -0.4 is 15.4 Å². The van der Waals surface area contributed by atoms with Gasteiger partial charge in [-0.2, -0.15) is 5.26 Å². The Morgan fingerprint density at radius 2 is 1.76 bits per heavy atom. The Morgan fingerprint density at radius 3 is 2.34 bits per heavy atom. The molecule has 1 saturated heterocycles. The molecule has 0 radical (unpaired) electrons. The highest BCUT2D eigenvalue weighted by molar-refractivity contribution is 8.04. The van der Waals surface area contributed by atoms with Crippen LogP contribution in [0, 0.1) is 17.2 Å². The number of nitrogens with zero attached hydrogens (tertiary/aromatic N) is 2. The summed E-state index contributed by atoms with van der Waals surface area (Å²) in [6.45, 7) is 0. The molecule has 4 rings (SSSR count). The monoisotopic (exact) mass is 425 g/mol. The Hall–Kier alpha value is -2.95. The van der Waals surface area contributed by atoms with Crippen LogP contribution in [0.15, 0.2) is 59.1 Å². The van der Waals surface area contributed by atoms with Crippen LogP contribution in [0.25, 0.3) is 0 Å². The second-order valence-electron chi connectivity index (χ2n) is 6.69. The van der Waals surface area contributed by atoms with Crippen molar-refractivity contribution < 1.29 is 14.3 Å². The van der Waals surface area contributed by atoms with Crippen molar-refractivity contribution in [3.05, 3.63) is 69.7 Å². The van der Waals surface area contributed by atoms with Gasteiger partial charge in [0.25, 0.3) is 0 Å². The molecule has 29 heavy (non-hydrogen) atoms. The zero-order chi connectivity index (χ0) is 20.7.